The molecule has 0 aliphatic carbocycles. The van der Waals surface area contributed by atoms with Crippen molar-refractivity contribution < 1.29 is 19.1 Å². The van der Waals surface area contributed by atoms with E-state index in [2.05, 4.69) is 10.3 Å². The predicted octanol–water partition coefficient (Wildman–Crippen LogP) is 3.04. The van der Waals surface area contributed by atoms with Gasteiger partial charge in [0.05, 0.1) is 7.11 Å². The van der Waals surface area contributed by atoms with Crippen LogP contribution in [0.1, 0.15) is 23.0 Å². The van der Waals surface area contributed by atoms with Gasteiger partial charge in [-0.3, -0.25) is 4.79 Å². The molecular formula is C20H20N2O4. The van der Waals surface area contributed by atoms with Gasteiger partial charge in [-0.25, -0.2) is 4.79 Å². The number of para-hydroxylation sites is 1. The standard InChI is InChI=1S/C20H20N2O4/c1-13(19(23)21-12-14-7-9-16(25-2)10-8-14)26-20(24)18-11-15-5-3-4-6-17(15)22-18/h3-11,13,22H,12H2,1-2H3,(H,21,23)/t13-/m1/s1. The summed E-state index contributed by atoms with van der Waals surface area (Å²) in [6.07, 6.45) is -0.896. The molecule has 0 fully saturated rings. The van der Waals surface area contributed by atoms with Crippen molar-refractivity contribution in [1.82, 2.24) is 10.3 Å². The number of fused-ring (bicyclic) bond motifs is 1. The molecule has 6 heteroatoms. The molecule has 1 aromatic heterocycles. The summed E-state index contributed by atoms with van der Waals surface area (Å²) in [5, 5.41) is 3.67. The summed E-state index contributed by atoms with van der Waals surface area (Å²) in [6.45, 7) is 1.89. The number of amides is 1. The molecule has 0 saturated heterocycles. The number of methoxy groups -OCH3 is 1. The number of rotatable bonds is 6. The Balaban J connectivity index is 1.55. The number of hydrogen-bond donors (Lipinski definition) is 2. The second kappa shape index (κ2) is 7.74. The Bertz CT molecular complexity index is 882. The van der Waals surface area contributed by atoms with Crippen LogP contribution in [0.2, 0.25) is 0 Å². The van der Waals surface area contributed by atoms with Gasteiger partial charge in [-0.2, -0.15) is 0 Å². The largest absolute Gasteiger partial charge is 0.497 e. The van der Waals surface area contributed by atoms with Gasteiger partial charge >= 0.3 is 5.97 Å². The van der Waals surface area contributed by atoms with Gasteiger partial charge in [0.15, 0.2) is 6.10 Å². The summed E-state index contributed by atoms with van der Waals surface area (Å²) >= 11 is 0. The minimum atomic E-state index is -0.896. The highest BCUT2D eigenvalue weighted by Crippen LogP contribution is 2.16. The Morgan fingerprint density at radius 3 is 2.54 bits per heavy atom. The molecule has 2 aromatic carbocycles. The molecule has 6 nitrogen and oxygen atoms in total. The van der Waals surface area contributed by atoms with Crippen LogP contribution < -0.4 is 10.1 Å². The maximum absolute atomic E-state index is 12.2. The monoisotopic (exact) mass is 352 g/mol. The van der Waals surface area contributed by atoms with Crippen molar-refractivity contribution in [2.45, 2.75) is 19.6 Å². The van der Waals surface area contributed by atoms with E-state index in [9.17, 15) is 9.59 Å². The van der Waals surface area contributed by atoms with Gasteiger partial charge in [-0.15, -0.1) is 0 Å². The number of hydrogen-bond acceptors (Lipinski definition) is 4. The minimum Gasteiger partial charge on any atom is -0.497 e. The SMILES string of the molecule is COc1ccc(CNC(=O)[C@@H](C)OC(=O)c2cc3ccccc3[nH]2)cc1. The fraction of sp³-hybridized carbons (Fsp3) is 0.200. The van der Waals surface area contributed by atoms with E-state index in [1.807, 2.05) is 48.5 Å². The zero-order valence-corrected chi connectivity index (χ0v) is 14.6. The Kier molecular flexibility index (Phi) is 5.22. The molecule has 3 aromatic rings. The van der Waals surface area contributed by atoms with Crippen LogP contribution in [0.3, 0.4) is 0 Å². The smallest absolute Gasteiger partial charge is 0.355 e. The molecule has 2 N–H and O–H groups in total. The number of carbonyl (C=O) groups excluding carboxylic acids is 2. The summed E-state index contributed by atoms with van der Waals surface area (Å²) in [5.41, 5.74) is 2.09. The Labute approximate surface area is 151 Å². The number of ether oxygens (including phenoxy) is 2. The lowest BCUT2D eigenvalue weighted by atomic mass is 10.2. The van der Waals surface area contributed by atoms with E-state index in [-0.39, 0.29) is 5.91 Å². The fourth-order valence-electron chi connectivity index (χ4n) is 2.54. The summed E-state index contributed by atoms with van der Waals surface area (Å²) < 4.78 is 10.3. The summed E-state index contributed by atoms with van der Waals surface area (Å²) in [5.74, 6) is -0.167. The third-order valence-corrected chi connectivity index (χ3v) is 4.03. The second-order valence-corrected chi connectivity index (χ2v) is 5.88. The molecule has 134 valence electrons. The van der Waals surface area contributed by atoms with Crippen molar-refractivity contribution in [3.8, 4) is 5.75 Å². The van der Waals surface area contributed by atoms with E-state index in [4.69, 9.17) is 9.47 Å². The van der Waals surface area contributed by atoms with Crippen molar-refractivity contribution >= 4 is 22.8 Å². The molecule has 1 amide bonds. The molecule has 1 heterocycles. The van der Waals surface area contributed by atoms with Gasteiger partial charge in [0.2, 0.25) is 0 Å². The van der Waals surface area contributed by atoms with Gasteiger partial charge in [0, 0.05) is 17.4 Å². The Hall–Kier alpha value is -3.28. The highest BCUT2D eigenvalue weighted by molar-refractivity contribution is 5.96. The molecule has 0 aliphatic rings. The van der Waals surface area contributed by atoms with E-state index in [1.165, 1.54) is 0 Å². The predicted molar refractivity (Wildman–Crippen MR) is 98.0 cm³/mol. The zero-order chi connectivity index (χ0) is 18.5. The quantitative estimate of drug-likeness (QED) is 0.668. The molecule has 1 atom stereocenters. The molecule has 0 unspecified atom stereocenters. The van der Waals surface area contributed by atoms with E-state index in [0.29, 0.717) is 12.2 Å². The first-order chi connectivity index (χ1) is 12.6. The van der Waals surface area contributed by atoms with Crippen molar-refractivity contribution in [2.75, 3.05) is 7.11 Å². The maximum Gasteiger partial charge on any atom is 0.355 e. The molecule has 26 heavy (non-hydrogen) atoms. The number of H-pyrrole nitrogens is 1. The van der Waals surface area contributed by atoms with Crippen LogP contribution in [0.5, 0.6) is 5.75 Å². The van der Waals surface area contributed by atoms with Crippen LogP contribution in [-0.2, 0) is 16.1 Å². The van der Waals surface area contributed by atoms with Crippen molar-refractivity contribution in [2.24, 2.45) is 0 Å². The molecule has 3 rings (SSSR count). The van der Waals surface area contributed by atoms with Crippen LogP contribution >= 0.6 is 0 Å². The molecule has 0 radical (unpaired) electrons. The third kappa shape index (κ3) is 4.03. The van der Waals surface area contributed by atoms with Crippen LogP contribution in [0, 0.1) is 0 Å². The first kappa shape index (κ1) is 17.5. The summed E-state index contributed by atoms with van der Waals surface area (Å²) in [4.78, 5) is 27.4. The number of benzene rings is 2. The summed E-state index contributed by atoms with van der Waals surface area (Å²) in [6, 6.07) is 16.6. The number of aromatic amines is 1. The van der Waals surface area contributed by atoms with Gasteiger partial charge in [0.1, 0.15) is 11.4 Å². The summed E-state index contributed by atoms with van der Waals surface area (Å²) in [7, 11) is 1.60. The van der Waals surface area contributed by atoms with E-state index in [1.54, 1.807) is 20.1 Å². The number of aromatic nitrogens is 1. The number of carbonyl (C=O) groups is 2. The Morgan fingerprint density at radius 1 is 1.12 bits per heavy atom. The molecule has 0 spiro atoms. The first-order valence-corrected chi connectivity index (χ1v) is 8.26. The third-order valence-electron chi connectivity index (χ3n) is 4.03. The van der Waals surface area contributed by atoms with Crippen LogP contribution in [-0.4, -0.2) is 30.1 Å². The van der Waals surface area contributed by atoms with Gasteiger partial charge in [-0.05, 0) is 36.8 Å². The van der Waals surface area contributed by atoms with Crippen LogP contribution in [0.4, 0.5) is 0 Å². The molecule has 0 bridgehead atoms. The Morgan fingerprint density at radius 2 is 1.85 bits per heavy atom. The average Bonchev–Trinajstić information content (AvgIpc) is 3.10. The number of esters is 1. The van der Waals surface area contributed by atoms with Crippen molar-refractivity contribution in [3.63, 3.8) is 0 Å². The fourth-order valence-corrected chi connectivity index (χ4v) is 2.54. The van der Waals surface area contributed by atoms with E-state index < -0.39 is 12.1 Å². The van der Waals surface area contributed by atoms with E-state index >= 15 is 0 Å². The highest BCUT2D eigenvalue weighted by Gasteiger charge is 2.20. The van der Waals surface area contributed by atoms with Crippen molar-refractivity contribution in [1.29, 1.82) is 0 Å². The molecule has 0 aliphatic heterocycles. The highest BCUT2D eigenvalue weighted by atomic mass is 16.5. The number of nitrogens with one attached hydrogen (secondary N) is 2. The normalized spacial score (nSPS) is 11.8. The van der Waals surface area contributed by atoms with Gasteiger partial charge in [-0.1, -0.05) is 30.3 Å². The minimum absolute atomic E-state index is 0.320. The van der Waals surface area contributed by atoms with Crippen molar-refractivity contribution in [3.05, 3.63) is 65.9 Å². The molecule has 0 saturated carbocycles. The zero-order valence-electron chi connectivity index (χ0n) is 14.6. The van der Waals surface area contributed by atoms with Gasteiger partial charge < -0.3 is 19.8 Å². The second-order valence-electron chi connectivity index (χ2n) is 5.88. The van der Waals surface area contributed by atoms with Gasteiger partial charge in [0.25, 0.3) is 5.91 Å². The first-order valence-electron chi connectivity index (χ1n) is 8.26. The lowest BCUT2D eigenvalue weighted by Crippen LogP contribution is -2.35. The maximum atomic E-state index is 12.2. The topological polar surface area (TPSA) is 80.4 Å². The lowest BCUT2D eigenvalue weighted by molar-refractivity contribution is -0.129. The van der Waals surface area contributed by atoms with Crippen LogP contribution in [0.25, 0.3) is 10.9 Å². The lowest BCUT2D eigenvalue weighted by Gasteiger charge is -2.13. The average molecular weight is 352 g/mol. The van der Waals surface area contributed by atoms with Crippen LogP contribution in [0.15, 0.2) is 54.6 Å². The molecular weight excluding hydrogens is 332 g/mol. The van der Waals surface area contributed by atoms with E-state index in [0.717, 1.165) is 22.2 Å².